The van der Waals surface area contributed by atoms with Gasteiger partial charge in [0.15, 0.2) is 0 Å². The minimum Gasteiger partial charge on any atom is -0.355 e. The molecule has 1 heterocycles. The molecule has 1 aliphatic rings. The first-order chi connectivity index (χ1) is 10.8. The third kappa shape index (κ3) is 4.68. The van der Waals surface area contributed by atoms with Crippen molar-refractivity contribution in [2.45, 2.75) is 37.6 Å². The van der Waals surface area contributed by atoms with Gasteiger partial charge in [0.05, 0.1) is 0 Å². The smallest absolute Gasteiger partial charge is 0.355 e. The second kappa shape index (κ2) is 7.31. The number of rotatable bonds is 4. The molecule has 23 heavy (non-hydrogen) atoms. The van der Waals surface area contributed by atoms with Crippen LogP contribution in [0.4, 0.5) is 13.2 Å². The summed E-state index contributed by atoms with van der Waals surface area (Å²) in [5, 5.41) is 5.85. The highest BCUT2D eigenvalue weighted by atomic mass is 19.4. The van der Waals surface area contributed by atoms with Crippen LogP contribution in [0.25, 0.3) is 0 Å². The van der Waals surface area contributed by atoms with Crippen molar-refractivity contribution in [1.82, 2.24) is 15.5 Å². The van der Waals surface area contributed by atoms with E-state index in [1.165, 1.54) is 11.9 Å². The summed E-state index contributed by atoms with van der Waals surface area (Å²) in [4.78, 5) is 12.8. The van der Waals surface area contributed by atoms with Crippen molar-refractivity contribution in [3.05, 3.63) is 35.4 Å². The Morgan fingerprint density at radius 1 is 1.26 bits per heavy atom. The van der Waals surface area contributed by atoms with Crippen molar-refractivity contribution in [1.29, 1.82) is 0 Å². The molecule has 2 atom stereocenters. The Bertz CT molecular complexity index is 530. The largest absolute Gasteiger partial charge is 0.404 e. The zero-order chi connectivity index (χ0) is 17.0. The van der Waals surface area contributed by atoms with Crippen molar-refractivity contribution < 1.29 is 18.0 Å². The summed E-state index contributed by atoms with van der Waals surface area (Å²) in [6, 6.07) is 5.88. The maximum absolute atomic E-state index is 12.8. The molecule has 0 bridgehead atoms. The Labute approximate surface area is 134 Å². The number of amides is 1. The van der Waals surface area contributed by atoms with Crippen LogP contribution in [0, 0.1) is 0 Å². The maximum atomic E-state index is 12.8. The van der Waals surface area contributed by atoms with Crippen LogP contribution in [0.3, 0.4) is 0 Å². The number of likely N-dealkylation sites (tertiary alicyclic amines) is 1. The summed E-state index contributed by atoms with van der Waals surface area (Å²) < 4.78 is 38.4. The Hall–Kier alpha value is -1.60. The SMILES string of the molecule is CNC(=O)c1ccc(CN[C@H]2CC[C@@H](C(F)(F)F)N(C)C2)cc1. The number of alkyl halides is 3. The lowest BCUT2D eigenvalue weighted by molar-refractivity contribution is -0.188. The van der Waals surface area contributed by atoms with Gasteiger partial charge in [-0.3, -0.25) is 9.69 Å². The number of halogens is 3. The van der Waals surface area contributed by atoms with Crippen LogP contribution >= 0.6 is 0 Å². The molecule has 0 aromatic heterocycles. The first-order valence-corrected chi connectivity index (χ1v) is 7.62. The van der Waals surface area contributed by atoms with Crippen molar-refractivity contribution in [3.8, 4) is 0 Å². The fraction of sp³-hybridized carbons (Fsp3) is 0.562. The van der Waals surface area contributed by atoms with E-state index in [1.807, 2.05) is 12.1 Å². The van der Waals surface area contributed by atoms with E-state index in [2.05, 4.69) is 10.6 Å². The second-order valence-electron chi connectivity index (χ2n) is 5.93. The molecule has 128 valence electrons. The summed E-state index contributed by atoms with van der Waals surface area (Å²) >= 11 is 0. The lowest BCUT2D eigenvalue weighted by atomic mass is 9.98. The van der Waals surface area contributed by atoms with Crippen LogP contribution in [0.2, 0.25) is 0 Å². The van der Waals surface area contributed by atoms with Gasteiger partial charge in [0.25, 0.3) is 5.91 Å². The van der Waals surface area contributed by atoms with Crippen LogP contribution in [0.5, 0.6) is 0 Å². The van der Waals surface area contributed by atoms with E-state index < -0.39 is 12.2 Å². The molecular formula is C16H22F3N3O. The van der Waals surface area contributed by atoms with Gasteiger partial charge in [-0.15, -0.1) is 0 Å². The molecule has 0 spiro atoms. The predicted octanol–water partition coefficient (Wildman–Crippen LogP) is 2.16. The number of likely N-dealkylation sites (N-methyl/N-ethyl adjacent to an activating group) is 1. The van der Waals surface area contributed by atoms with E-state index in [0.717, 1.165) is 5.56 Å². The quantitative estimate of drug-likeness (QED) is 0.890. The fourth-order valence-electron chi connectivity index (χ4n) is 2.91. The molecule has 1 fully saturated rings. The average Bonchev–Trinajstić information content (AvgIpc) is 2.51. The van der Waals surface area contributed by atoms with Crippen LogP contribution in [0.1, 0.15) is 28.8 Å². The molecule has 0 radical (unpaired) electrons. The second-order valence-corrected chi connectivity index (χ2v) is 5.93. The summed E-state index contributed by atoms with van der Waals surface area (Å²) in [7, 11) is 3.09. The van der Waals surface area contributed by atoms with Gasteiger partial charge in [0.2, 0.25) is 0 Å². The normalized spacial score (nSPS) is 22.8. The fourth-order valence-corrected chi connectivity index (χ4v) is 2.91. The van der Waals surface area contributed by atoms with Gasteiger partial charge < -0.3 is 10.6 Å². The molecule has 1 aromatic rings. The van der Waals surface area contributed by atoms with Crippen LogP contribution in [-0.4, -0.2) is 49.7 Å². The summed E-state index contributed by atoms with van der Waals surface area (Å²) in [6.07, 6.45) is -3.53. The van der Waals surface area contributed by atoms with Crippen LogP contribution in [-0.2, 0) is 6.54 Å². The van der Waals surface area contributed by atoms with E-state index in [9.17, 15) is 18.0 Å². The zero-order valence-electron chi connectivity index (χ0n) is 13.3. The molecule has 0 unspecified atom stereocenters. The highest BCUT2D eigenvalue weighted by molar-refractivity contribution is 5.93. The van der Waals surface area contributed by atoms with Gasteiger partial charge in [0.1, 0.15) is 6.04 Å². The Balaban J connectivity index is 1.84. The lowest BCUT2D eigenvalue weighted by Crippen LogP contribution is -2.53. The number of nitrogens with one attached hydrogen (secondary N) is 2. The van der Waals surface area contributed by atoms with Gasteiger partial charge in [-0.1, -0.05) is 12.1 Å². The van der Waals surface area contributed by atoms with E-state index in [-0.39, 0.29) is 18.4 Å². The van der Waals surface area contributed by atoms with E-state index >= 15 is 0 Å². The van der Waals surface area contributed by atoms with Gasteiger partial charge >= 0.3 is 6.18 Å². The first kappa shape index (κ1) is 17.7. The van der Waals surface area contributed by atoms with Crippen molar-refractivity contribution in [2.75, 3.05) is 20.6 Å². The van der Waals surface area contributed by atoms with Crippen LogP contribution < -0.4 is 10.6 Å². The standard InChI is InChI=1S/C16H22F3N3O/c1-20-15(23)12-5-3-11(4-6-12)9-21-13-7-8-14(16(17,18)19)22(2)10-13/h3-6,13-14,21H,7-10H2,1-2H3,(H,20,23)/t13-,14-/m0/s1. The molecule has 2 rings (SSSR count). The van der Waals surface area contributed by atoms with Gasteiger partial charge in [0, 0.05) is 31.7 Å². The molecule has 2 N–H and O–H groups in total. The van der Waals surface area contributed by atoms with Crippen LogP contribution in [0.15, 0.2) is 24.3 Å². The monoisotopic (exact) mass is 329 g/mol. The molecule has 1 aromatic carbocycles. The van der Waals surface area contributed by atoms with E-state index in [4.69, 9.17) is 0 Å². The zero-order valence-corrected chi connectivity index (χ0v) is 13.3. The third-order valence-electron chi connectivity index (χ3n) is 4.24. The Morgan fingerprint density at radius 2 is 1.91 bits per heavy atom. The lowest BCUT2D eigenvalue weighted by Gasteiger charge is -2.38. The minimum absolute atomic E-state index is 0.0391. The first-order valence-electron chi connectivity index (χ1n) is 7.62. The van der Waals surface area contributed by atoms with Gasteiger partial charge in [-0.05, 0) is 37.6 Å². The van der Waals surface area contributed by atoms with Crippen molar-refractivity contribution in [3.63, 3.8) is 0 Å². The Kier molecular flexibility index (Phi) is 5.64. The predicted molar refractivity (Wildman–Crippen MR) is 82.2 cm³/mol. The summed E-state index contributed by atoms with van der Waals surface area (Å²) in [5.41, 5.74) is 1.58. The maximum Gasteiger partial charge on any atom is 0.404 e. The number of nitrogens with zero attached hydrogens (tertiary/aromatic N) is 1. The highest BCUT2D eigenvalue weighted by Crippen LogP contribution is 2.30. The van der Waals surface area contributed by atoms with E-state index in [0.29, 0.717) is 25.1 Å². The molecule has 1 saturated heterocycles. The molecular weight excluding hydrogens is 307 g/mol. The number of hydrogen-bond acceptors (Lipinski definition) is 3. The van der Waals surface area contributed by atoms with Gasteiger partial charge in [-0.2, -0.15) is 13.2 Å². The minimum atomic E-state index is -4.16. The molecule has 7 heteroatoms. The molecule has 0 aliphatic carbocycles. The van der Waals surface area contributed by atoms with E-state index in [1.54, 1.807) is 19.2 Å². The van der Waals surface area contributed by atoms with Gasteiger partial charge in [-0.25, -0.2) is 0 Å². The summed E-state index contributed by atoms with van der Waals surface area (Å²) in [6.45, 7) is 0.948. The number of benzene rings is 1. The van der Waals surface area contributed by atoms with Crippen molar-refractivity contribution in [2.24, 2.45) is 0 Å². The third-order valence-corrected chi connectivity index (χ3v) is 4.24. The highest BCUT2D eigenvalue weighted by Gasteiger charge is 2.44. The van der Waals surface area contributed by atoms with Crippen molar-refractivity contribution >= 4 is 5.91 Å². The number of piperidine rings is 1. The number of hydrogen-bond donors (Lipinski definition) is 2. The number of carbonyl (C=O) groups excluding carboxylic acids is 1. The molecule has 4 nitrogen and oxygen atoms in total. The summed E-state index contributed by atoms with van der Waals surface area (Å²) in [5.74, 6) is -0.142. The molecule has 1 amide bonds. The Morgan fingerprint density at radius 3 is 2.43 bits per heavy atom. The molecule has 0 saturated carbocycles. The number of carbonyl (C=O) groups is 1. The topological polar surface area (TPSA) is 44.4 Å². The average molecular weight is 329 g/mol. The molecule has 1 aliphatic heterocycles.